The Morgan fingerprint density at radius 3 is 2.38 bits per heavy atom. The molecule has 0 bridgehead atoms. The van der Waals surface area contributed by atoms with Crippen LogP contribution < -0.4 is 9.46 Å². The first kappa shape index (κ1) is 18.5. The highest BCUT2D eigenvalue weighted by Crippen LogP contribution is 2.30. The molecule has 2 aromatic rings. The lowest BCUT2D eigenvalue weighted by Crippen LogP contribution is -2.13. The predicted molar refractivity (Wildman–Crippen MR) is 89.3 cm³/mol. The van der Waals surface area contributed by atoms with Gasteiger partial charge in [0.1, 0.15) is 5.75 Å². The van der Waals surface area contributed by atoms with Gasteiger partial charge in [0.15, 0.2) is 0 Å². The van der Waals surface area contributed by atoms with Gasteiger partial charge in [0.2, 0.25) is 0 Å². The number of benzene rings is 2. The molecule has 0 aromatic heterocycles. The molecule has 0 aliphatic heterocycles. The van der Waals surface area contributed by atoms with Gasteiger partial charge in [0.05, 0.1) is 15.6 Å². The van der Waals surface area contributed by atoms with E-state index < -0.39 is 16.6 Å². The summed E-state index contributed by atoms with van der Waals surface area (Å²) in [6.45, 7) is -0.969. The Kier molecular flexibility index (Phi) is 6.01. The zero-order valence-electron chi connectivity index (χ0n) is 12.8. The normalized spacial score (nSPS) is 11.5. The van der Waals surface area contributed by atoms with E-state index in [0.717, 1.165) is 18.4 Å². The van der Waals surface area contributed by atoms with Crippen LogP contribution in [-0.4, -0.2) is 15.0 Å². The lowest BCUT2D eigenvalue weighted by Gasteiger charge is -2.11. The van der Waals surface area contributed by atoms with Crippen LogP contribution in [0, 0.1) is 0 Å². The average molecular weight is 376 g/mol. The van der Waals surface area contributed by atoms with E-state index in [0.29, 0.717) is 0 Å². The molecule has 2 aromatic carbocycles. The van der Waals surface area contributed by atoms with Crippen LogP contribution in [0.25, 0.3) is 0 Å². The Morgan fingerprint density at radius 2 is 1.83 bits per heavy atom. The number of anilines is 1. The summed E-state index contributed by atoms with van der Waals surface area (Å²) in [6, 6.07) is 10.2. The fourth-order valence-corrected chi connectivity index (χ4v) is 3.37. The number of sulfonamides is 1. The van der Waals surface area contributed by atoms with E-state index in [2.05, 4.69) is 9.46 Å². The minimum Gasteiger partial charge on any atom is -0.433 e. The molecule has 2 rings (SSSR count). The molecule has 8 heteroatoms. The van der Waals surface area contributed by atoms with Crippen molar-refractivity contribution in [3.8, 4) is 5.75 Å². The summed E-state index contributed by atoms with van der Waals surface area (Å²) in [6.07, 6.45) is 1.84. The Balaban J connectivity index is 2.18. The average Bonchev–Trinajstić information content (AvgIpc) is 2.50. The third-order valence-electron chi connectivity index (χ3n) is 3.17. The molecule has 0 amide bonds. The van der Waals surface area contributed by atoms with E-state index in [9.17, 15) is 17.2 Å². The first-order valence-corrected chi connectivity index (χ1v) is 9.04. The van der Waals surface area contributed by atoms with Gasteiger partial charge in [-0.3, -0.25) is 4.72 Å². The maximum absolute atomic E-state index is 12.3. The van der Waals surface area contributed by atoms with Crippen molar-refractivity contribution in [1.82, 2.24) is 0 Å². The van der Waals surface area contributed by atoms with E-state index in [4.69, 9.17) is 11.6 Å². The summed E-state index contributed by atoms with van der Waals surface area (Å²) in [5.41, 5.74) is 1.20. The first-order chi connectivity index (χ1) is 11.3. The Bertz CT molecular complexity index is 795. The molecule has 0 unspecified atom stereocenters. The maximum atomic E-state index is 12.3. The van der Waals surface area contributed by atoms with E-state index in [1.54, 1.807) is 12.1 Å². The van der Waals surface area contributed by atoms with Crippen LogP contribution >= 0.6 is 11.6 Å². The van der Waals surface area contributed by atoms with E-state index in [-0.39, 0.29) is 21.4 Å². The molecule has 24 heavy (non-hydrogen) atoms. The molecule has 0 fully saturated rings. The van der Waals surface area contributed by atoms with Crippen molar-refractivity contribution in [3.05, 3.63) is 53.1 Å². The lowest BCUT2D eigenvalue weighted by molar-refractivity contribution is -0.0497. The molecule has 0 aliphatic rings. The topological polar surface area (TPSA) is 55.4 Å². The van der Waals surface area contributed by atoms with Gasteiger partial charge in [-0.15, -0.1) is 0 Å². The third-order valence-corrected chi connectivity index (χ3v) is 4.87. The van der Waals surface area contributed by atoms with Gasteiger partial charge in [-0.1, -0.05) is 37.1 Å². The minimum atomic E-state index is -3.80. The number of halogens is 3. The molecule has 0 saturated carbocycles. The number of nitrogens with one attached hydrogen (secondary N) is 1. The highest BCUT2D eigenvalue weighted by Gasteiger charge is 2.16. The molecule has 0 atom stereocenters. The monoisotopic (exact) mass is 375 g/mol. The Hall–Kier alpha value is -1.86. The second-order valence-electron chi connectivity index (χ2n) is 5.02. The zero-order chi connectivity index (χ0) is 17.7. The second kappa shape index (κ2) is 7.81. The van der Waals surface area contributed by atoms with Crippen LogP contribution in [0.2, 0.25) is 5.02 Å². The number of ether oxygens (including phenoxy) is 1. The first-order valence-electron chi connectivity index (χ1n) is 7.18. The van der Waals surface area contributed by atoms with Crippen molar-refractivity contribution in [2.45, 2.75) is 31.3 Å². The second-order valence-corrected chi connectivity index (χ2v) is 7.11. The maximum Gasteiger partial charge on any atom is 0.387 e. The van der Waals surface area contributed by atoms with Crippen molar-refractivity contribution >= 4 is 27.3 Å². The van der Waals surface area contributed by atoms with Crippen LogP contribution in [0.3, 0.4) is 0 Å². The standard InChI is InChI=1S/C16H16ClF2NO3S/c1-2-3-11-4-7-13(8-5-11)24(21,22)20-12-6-9-15(14(17)10-12)23-16(18)19/h4-10,16,20H,2-3H2,1H3. The molecule has 0 saturated heterocycles. The van der Waals surface area contributed by atoms with E-state index >= 15 is 0 Å². The molecular formula is C16H16ClF2NO3S. The number of hydrogen-bond donors (Lipinski definition) is 1. The lowest BCUT2D eigenvalue weighted by atomic mass is 10.1. The van der Waals surface area contributed by atoms with Crippen molar-refractivity contribution < 1.29 is 21.9 Å². The van der Waals surface area contributed by atoms with Crippen molar-refractivity contribution in [2.75, 3.05) is 4.72 Å². The fourth-order valence-electron chi connectivity index (χ4n) is 2.09. The quantitative estimate of drug-likeness (QED) is 0.763. The smallest absolute Gasteiger partial charge is 0.387 e. The van der Waals surface area contributed by atoms with Gasteiger partial charge < -0.3 is 4.74 Å². The summed E-state index contributed by atoms with van der Waals surface area (Å²) in [5.74, 6) is -0.224. The van der Waals surface area contributed by atoms with Crippen LogP contribution in [0.15, 0.2) is 47.4 Å². The highest BCUT2D eigenvalue weighted by molar-refractivity contribution is 7.92. The summed E-state index contributed by atoms with van der Waals surface area (Å²) in [7, 11) is -3.80. The summed E-state index contributed by atoms with van der Waals surface area (Å²) < 4.78 is 55.6. The molecule has 0 radical (unpaired) electrons. The van der Waals surface area contributed by atoms with Crippen LogP contribution in [0.4, 0.5) is 14.5 Å². The van der Waals surface area contributed by atoms with Crippen LogP contribution in [-0.2, 0) is 16.4 Å². The summed E-state index contributed by atoms with van der Waals surface area (Å²) >= 11 is 5.81. The number of rotatable bonds is 7. The zero-order valence-corrected chi connectivity index (χ0v) is 14.4. The van der Waals surface area contributed by atoms with Gasteiger partial charge in [0, 0.05) is 0 Å². The molecule has 4 nitrogen and oxygen atoms in total. The fraction of sp³-hybridized carbons (Fsp3) is 0.250. The molecule has 0 heterocycles. The van der Waals surface area contributed by atoms with Crippen molar-refractivity contribution in [1.29, 1.82) is 0 Å². The molecule has 0 spiro atoms. The van der Waals surface area contributed by atoms with Gasteiger partial charge in [-0.2, -0.15) is 8.78 Å². The third kappa shape index (κ3) is 4.82. The molecule has 0 aliphatic carbocycles. The van der Waals surface area contributed by atoms with Gasteiger partial charge in [0.25, 0.3) is 10.0 Å². The highest BCUT2D eigenvalue weighted by atomic mass is 35.5. The van der Waals surface area contributed by atoms with Crippen LogP contribution in [0.1, 0.15) is 18.9 Å². The summed E-state index contributed by atoms with van der Waals surface area (Å²) in [5, 5.41) is -0.117. The minimum absolute atomic E-state index is 0.103. The SMILES string of the molecule is CCCc1ccc(S(=O)(=O)Nc2ccc(OC(F)F)c(Cl)c2)cc1. The molecule has 130 valence electrons. The Labute approximate surface area is 144 Å². The van der Waals surface area contributed by atoms with Crippen molar-refractivity contribution in [2.24, 2.45) is 0 Å². The number of aryl methyl sites for hydroxylation is 1. The van der Waals surface area contributed by atoms with Crippen LogP contribution in [0.5, 0.6) is 5.75 Å². The molecule has 1 N–H and O–H groups in total. The van der Waals surface area contributed by atoms with Gasteiger partial charge in [-0.25, -0.2) is 8.42 Å². The van der Waals surface area contributed by atoms with E-state index in [1.165, 1.54) is 30.3 Å². The van der Waals surface area contributed by atoms with Gasteiger partial charge >= 0.3 is 6.61 Å². The number of hydrogen-bond acceptors (Lipinski definition) is 3. The molecular weight excluding hydrogens is 360 g/mol. The van der Waals surface area contributed by atoms with E-state index in [1.807, 2.05) is 6.92 Å². The Morgan fingerprint density at radius 1 is 1.17 bits per heavy atom. The predicted octanol–water partition coefficient (Wildman–Crippen LogP) is 4.69. The number of alkyl halides is 2. The van der Waals surface area contributed by atoms with Gasteiger partial charge in [-0.05, 0) is 42.3 Å². The van der Waals surface area contributed by atoms with Crippen molar-refractivity contribution in [3.63, 3.8) is 0 Å². The largest absolute Gasteiger partial charge is 0.433 e. The summed E-state index contributed by atoms with van der Waals surface area (Å²) in [4.78, 5) is 0.103.